The Bertz CT molecular complexity index is 300. The Kier molecular flexibility index (Phi) is 4.80. The smallest absolute Gasteiger partial charge is 0.310 e. The summed E-state index contributed by atoms with van der Waals surface area (Å²) in [7, 11) is 0. The van der Waals surface area contributed by atoms with Crippen molar-refractivity contribution in [2.45, 2.75) is 13.5 Å². The van der Waals surface area contributed by atoms with Gasteiger partial charge < -0.3 is 9.94 Å². The van der Waals surface area contributed by atoms with E-state index in [0.29, 0.717) is 0 Å². The number of benzene rings is 1. The molecule has 82 valence electrons. The summed E-state index contributed by atoms with van der Waals surface area (Å²) in [6.45, 7) is 2.17. The zero-order valence-electron chi connectivity index (χ0n) is 8.64. The van der Waals surface area contributed by atoms with Crippen molar-refractivity contribution in [2.24, 2.45) is 5.92 Å². The van der Waals surface area contributed by atoms with Crippen molar-refractivity contribution in [1.29, 1.82) is 0 Å². The van der Waals surface area contributed by atoms with Crippen LogP contribution in [0.5, 0.6) is 0 Å². The Morgan fingerprint density at radius 3 is 2.73 bits per heavy atom. The van der Waals surface area contributed by atoms with Crippen molar-refractivity contribution in [2.75, 3.05) is 6.54 Å². The number of hydrogen-bond donors (Lipinski definition) is 2. The molecule has 0 saturated carbocycles. The van der Waals surface area contributed by atoms with Crippen molar-refractivity contribution in [3.8, 4) is 0 Å². The van der Waals surface area contributed by atoms with E-state index in [1.807, 2.05) is 35.8 Å². The van der Waals surface area contributed by atoms with Gasteiger partial charge in [0.25, 0.3) is 0 Å². The van der Waals surface area contributed by atoms with Gasteiger partial charge in [-0.2, -0.15) is 0 Å². The molecular formula is C11H15NO3. The average molecular weight is 209 g/mol. The third kappa shape index (κ3) is 4.10. The van der Waals surface area contributed by atoms with Gasteiger partial charge in [-0.25, -0.2) is 5.48 Å². The van der Waals surface area contributed by atoms with Crippen LogP contribution >= 0.6 is 0 Å². The topological polar surface area (TPSA) is 58.6 Å². The highest BCUT2D eigenvalue weighted by molar-refractivity contribution is 5.72. The molecule has 0 aliphatic heterocycles. The molecule has 0 heterocycles. The molecule has 0 aliphatic carbocycles. The second-order valence-electron chi connectivity index (χ2n) is 3.36. The van der Waals surface area contributed by atoms with Crippen LogP contribution in [0.4, 0.5) is 0 Å². The fourth-order valence-electron chi connectivity index (χ4n) is 1.09. The van der Waals surface area contributed by atoms with Gasteiger partial charge in [-0.3, -0.25) is 4.79 Å². The van der Waals surface area contributed by atoms with Crippen molar-refractivity contribution in [3.05, 3.63) is 35.9 Å². The maximum atomic E-state index is 11.3. The summed E-state index contributed by atoms with van der Waals surface area (Å²) in [5.41, 5.74) is 2.90. The summed E-state index contributed by atoms with van der Waals surface area (Å²) in [6.07, 6.45) is 0. The molecule has 1 unspecified atom stereocenters. The first kappa shape index (κ1) is 11.7. The van der Waals surface area contributed by atoms with Crippen LogP contribution in [0.2, 0.25) is 0 Å². The van der Waals surface area contributed by atoms with E-state index in [1.54, 1.807) is 6.92 Å². The Hall–Kier alpha value is -1.39. The number of esters is 1. The molecule has 0 saturated heterocycles. The van der Waals surface area contributed by atoms with Crippen LogP contribution < -0.4 is 5.48 Å². The summed E-state index contributed by atoms with van der Waals surface area (Å²) in [5, 5.41) is 8.41. The van der Waals surface area contributed by atoms with Gasteiger partial charge in [-0.1, -0.05) is 37.3 Å². The van der Waals surface area contributed by atoms with E-state index in [4.69, 9.17) is 9.94 Å². The molecular weight excluding hydrogens is 194 g/mol. The quantitative estimate of drug-likeness (QED) is 0.567. The Morgan fingerprint density at radius 1 is 1.47 bits per heavy atom. The number of carbonyl (C=O) groups excluding carboxylic acids is 1. The first-order valence-corrected chi connectivity index (χ1v) is 4.81. The van der Waals surface area contributed by atoms with Crippen LogP contribution in [-0.2, 0) is 16.1 Å². The molecule has 0 aromatic heterocycles. The van der Waals surface area contributed by atoms with Gasteiger partial charge >= 0.3 is 5.97 Å². The summed E-state index contributed by atoms with van der Waals surface area (Å²) < 4.78 is 5.05. The third-order valence-corrected chi connectivity index (χ3v) is 2.02. The minimum atomic E-state index is -0.348. The molecule has 0 fully saturated rings. The lowest BCUT2D eigenvalue weighted by atomic mass is 10.2. The largest absolute Gasteiger partial charge is 0.461 e. The molecule has 1 rings (SSSR count). The van der Waals surface area contributed by atoms with Gasteiger partial charge in [0.2, 0.25) is 0 Å². The molecule has 0 amide bonds. The maximum absolute atomic E-state index is 11.3. The number of rotatable bonds is 5. The van der Waals surface area contributed by atoms with Crippen LogP contribution in [0.1, 0.15) is 12.5 Å². The predicted molar refractivity (Wildman–Crippen MR) is 55.2 cm³/mol. The lowest BCUT2D eigenvalue weighted by Crippen LogP contribution is -2.25. The molecule has 0 aliphatic rings. The fraction of sp³-hybridized carbons (Fsp3) is 0.364. The highest BCUT2D eigenvalue weighted by Crippen LogP contribution is 2.03. The summed E-state index contributed by atoms with van der Waals surface area (Å²) in [5.74, 6) is -0.667. The molecule has 4 nitrogen and oxygen atoms in total. The number of nitrogens with one attached hydrogen (secondary N) is 1. The SMILES string of the molecule is CC(CNO)C(=O)OCc1ccccc1. The van der Waals surface area contributed by atoms with Crippen LogP contribution in [0.3, 0.4) is 0 Å². The predicted octanol–water partition coefficient (Wildman–Crippen LogP) is 1.34. The Labute approximate surface area is 88.8 Å². The van der Waals surface area contributed by atoms with Gasteiger partial charge in [0.05, 0.1) is 5.92 Å². The zero-order valence-corrected chi connectivity index (χ0v) is 8.64. The lowest BCUT2D eigenvalue weighted by molar-refractivity contribution is -0.149. The Morgan fingerprint density at radius 2 is 2.13 bits per heavy atom. The van der Waals surface area contributed by atoms with Crippen molar-refractivity contribution in [1.82, 2.24) is 5.48 Å². The van der Waals surface area contributed by atoms with Gasteiger partial charge in [0.1, 0.15) is 6.61 Å². The molecule has 2 N–H and O–H groups in total. The molecule has 1 aromatic rings. The third-order valence-electron chi connectivity index (χ3n) is 2.02. The van der Waals surface area contributed by atoms with Crippen molar-refractivity contribution >= 4 is 5.97 Å². The van der Waals surface area contributed by atoms with E-state index < -0.39 is 0 Å². The first-order chi connectivity index (χ1) is 7.24. The molecule has 0 spiro atoms. The molecule has 1 atom stereocenters. The van der Waals surface area contributed by atoms with Crippen LogP contribution in [-0.4, -0.2) is 17.7 Å². The average Bonchev–Trinajstić information content (AvgIpc) is 2.27. The molecule has 4 heteroatoms. The molecule has 0 radical (unpaired) electrons. The van der Waals surface area contributed by atoms with Crippen molar-refractivity contribution < 1.29 is 14.7 Å². The highest BCUT2D eigenvalue weighted by Gasteiger charge is 2.13. The minimum absolute atomic E-state index is 0.202. The highest BCUT2D eigenvalue weighted by atomic mass is 16.5. The van der Waals surface area contributed by atoms with E-state index >= 15 is 0 Å². The van der Waals surface area contributed by atoms with E-state index in [1.165, 1.54) is 0 Å². The second-order valence-corrected chi connectivity index (χ2v) is 3.36. The van der Waals surface area contributed by atoms with Crippen LogP contribution in [0.25, 0.3) is 0 Å². The van der Waals surface area contributed by atoms with E-state index in [2.05, 4.69) is 0 Å². The Balaban J connectivity index is 2.34. The van der Waals surface area contributed by atoms with Crippen LogP contribution in [0, 0.1) is 5.92 Å². The van der Waals surface area contributed by atoms with E-state index in [9.17, 15) is 4.79 Å². The lowest BCUT2D eigenvalue weighted by Gasteiger charge is -2.10. The van der Waals surface area contributed by atoms with Gasteiger partial charge in [0.15, 0.2) is 0 Å². The number of ether oxygens (including phenoxy) is 1. The van der Waals surface area contributed by atoms with Crippen LogP contribution in [0.15, 0.2) is 30.3 Å². The maximum Gasteiger partial charge on any atom is 0.310 e. The summed E-state index contributed by atoms with van der Waals surface area (Å²) in [4.78, 5) is 11.3. The van der Waals surface area contributed by atoms with Crippen molar-refractivity contribution in [3.63, 3.8) is 0 Å². The number of carbonyl (C=O) groups is 1. The van der Waals surface area contributed by atoms with Gasteiger partial charge in [-0.05, 0) is 5.56 Å². The second kappa shape index (κ2) is 6.16. The normalized spacial score (nSPS) is 12.1. The van der Waals surface area contributed by atoms with Gasteiger partial charge in [0, 0.05) is 6.54 Å². The fourth-order valence-corrected chi connectivity index (χ4v) is 1.09. The molecule has 15 heavy (non-hydrogen) atoms. The number of hydrogen-bond acceptors (Lipinski definition) is 4. The van der Waals surface area contributed by atoms with E-state index in [-0.39, 0.29) is 25.0 Å². The molecule has 1 aromatic carbocycles. The number of hydroxylamine groups is 1. The minimum Gasteiger partial charge on any atom is -0.461 e. The summed E-state index contributed by atoms with van der Waals surface area (Å²) >= 11 is 0. The molecule has 0 bridgehead atoms. The zero-order chi connectivity index (χ0) is 11.1. The monoisotopic (exact) mass is 209 g/mol. The van der Waals surface area contributed by atoms with E-state index in [0.717, 1.165) is 5.56 Å². The standard InChI is InChI=1S/C11H15NO3/c1-9(7-12-14)11(13)15-8-10-5-3-2-4-6-10/h2-6,9,12,14H,7-8H2,1H3. The summed E-state index contributed by atoms with van der Waals surface area (Å²) in [6, 6.07) is 9.47. The van der Waals surface area contributed by atoms with Gasteiger partial charge in [-0.15, -0.1) is 0 Å². The first-order valence-electron chi connectivity index (χ1n) is 4.81.